The van der Waals surface area contributed by atoms with Gasteiger partial charge in [0.15, 0.2) is 5.60 Å². The Morgan fingerprint density at radius 3 is 2.63 bits per heavy atom. The van der Waals surface area contributed by atoms with E-state index in [0.717, 1.165) is 10.8 Å². The van der Waals surface area contributed by atoms with Crippen LogP contribution in [0.5, 0.6) is 0 Å². The first-order valence-electron chi connectivity index (χ1n) is 8.36. The van der Waals surface area contributed by atoms with E-state index in [9.17, 15) is 28.3 Å². The minimum absolute atomic E-state index is 0.0167. The Morgan fingerprint density at radius 1 is 1.26 bits per heavy atom. The Hall–Kier alpha value is -2.86. The third kappa shape index (κ3) is 2.59. The quantitative estimate of drug-likeness (QED) is 0.874. The van der Waals surface area contributed by atoms with Crippen molar-refractivity contribution in [2.45, 2.75) is 36.7 Å². The van der Waals surface area contributed by atoms with Crippen LogP contribution in [0.3, 0.4) is 0 Å². The van der Waals surface area contributed by atoms with E-state index in [-0.39, 0.29) is 6.54 Å². The summed E-state index contributed by atoms with van der Waals surface area (Å²) in [5, 5.41) is 20.7. The predicted molar refractivity (Wildman–Crippen MR) is 89.8 cm³/mol. The van der Waals surface area contributed by atoms with Crippen LogP contribution in [0.4, 0.5) is 23.7 Å². The fraction of sp³-hybridized carbons (Fsp3) is 0.389. The number of carbonyl (C=O) groups is 1. The topological polar surface area (TPSA) is 80.5 Å². The molecule has 0 bridgehead atoms. The number of nitriles is 1. The van der Waals surface area contributed by atoms with Crippen LogP contribution in [-0.2, 0) is 0 Å². The fourth-order valence-corrected chi connectivity index (χ4v) is 3.76. The Kier molecular flexibility index (Phi) is 3.78. The summed E-state index contributed by atoms with van der Waals surface area (Å²) < 4.78 is 38.6. The molecule has 0 spiro atoms. The van der Waals surface area contributed by atoms with E-state index in [1.807, 2.05) is 18.2 Å². The Bertz CT molecular complexity index is 944. The molecular weight excluding hydrogens is 361 g/mol. The molecule has 6 nitrogen and oxygen atoms in total. The molecule has 0 radical (unpaired) electrons. The van der Waals surface area contributed by atoms with Gasteiger partial charge in [0.2, 0.25) is 0 Å². The number of nitrogens with zero attached hydrogens (tertiary/aromatic N) is 4. The number of aliphatic hydroxyl groups is 1. The van der Waals surface area contributed by atoms with Gasteiger partial charge in [-0.15, -0.1) is 0 Å². The highest BCUT2D eigenvalue weighted by Gasteiger charge is 2.63. The Morgan fingerprint density at radius 2 is 1.96 bits per heavy atom. The summed E-state index contributed by atoms with van der Waals surface area (Å²) in [7, 11) is 0. The van der Waals surface area contributed by atoms with Gasteiger partial charge in [-0.3, -0.25) is 9.88 Å². The molecule has 1 aromatic heterocycles. The van der Waals surface area contributed by atoms with Crippen molar-refractivity contribution in [1.29, 1.82) is 5.26 Å². The zero-order chi connectivity index (χ0) is 19.4. The number of rotatable bonds is 2. The summed E-state index contributed by atoms with van der Waals surface area (Å²) in [5.41, 5.74) is -2.33. The van der Waals surface area contributed by atoms with E-state index in [1.54, 1.807) is 18.3 Å². The van der Waals surface area contributed by atoms with E-state index in [2.05, 4.69) is 4.98 Å². The average molecular weight is 376 g/mol. The second-order valence-corrected chi connectivity index (χ2v) is 6.92. The maximum Gasteiger partial charge on any atom is 0.417 e. The molecule has 9 heteroatoms. The number of aromatic nitrogens is 1. The van der Waals surface area contributed by atoms with Crippen LogP contribution in [0.15, 0.2) is 36.7 Å². The average Bonchev–Trinajstić information content (AvgIpc) is 2.93. The number of alkyl halides is 3. The molecule has 1 aromatic carbocycles. The number of hydrogen-bond acceptors (Lipinski definition) is 4. The lowest BCUT2D eigenvalue weighted by atomic mass is 9.74. The number of halogens is 3. The van der Waals surface area contributed by atoms with E-state index in [0.29, 0.717) is 5.69 Å². The monoisotopic (exact) mass is 376 g/mol. The van der Waals surface area contributed by atoms with Gasteiger partial charge in [0, 0.05) is 35.9 Å². The molecule has 1 saturated heterocycles. The van der Waals surface area contributed by atoms with E-state index in [4.69, 9.17) is 0 Å². The van der Waals surface area contributed by atoms with Gasteiger partial charge in [-0.25, -0.2) is 4.79 Å². The van der Waals surface area contributed by atoms with Gasteiger partial charge in [0.05, 0.1) is 24.5 Å². The Labute approximate surface area is 152 Å². The highest BCUT2D eigenvalue weighted by molar-refractivity contribution is 6.04. The summed E-state index contributed by atoms with van der Waals surface area (Å²) in [6, 6.07) is 7.12. The third-order valence-corrected chi connectivity index (χ3v) is 5.30. The zero-order valence-corrected chi connectivity index (χ0v) is 14.0. The third-order valence-electron chi connectivity index (χ3n) is 5.30. The molecule has 1 aliphatic heterocycles. The number of benzene rings is 1. The first-order chi connectivity index (χ1) is 12.7. The zero-order valence-electron chi connectivity index (χ0n) is 14.0. The molecule has 1 atom stereocenters. The van der Waals surface area contributed by atoms with Crippen molar-refractivity contribution in [1.82, 2.24) is 9.88 Å². The molecule has 140 valence electrons. The van der Waals surface area contributed by atoms with Crippen LogP contribution in [0.25, 0.3) is 10.8 Å². The molecule has 2 aliphatic rings. The van der Waals surface area contributed by atoms with Crippen LogP contribution in [0.1, 0.15) is 12.8 Å². The van der Waals surface area contributed by atoms with Crippen molar-refractivity contribution in [2.75, 3.05) is 11.4 Å². The number of anilines is 1. The summed E-state index contributed by atoms with van der Waals surface area (Å²) in [4.78, 5) is 19.6. The smallest absolute Gasteiger partial charge is 0.380 e. The van der Waals surface area contributed by atoms with Crippen LogP contribution in [0, 0.1) is 11.3 Å². The van der Waals surface area contributed by atoms with Crippen LogP contribution in [-0.4, -0.2) is 51.4 Å². The van der Waals surface area contributed by atoms with Gasteiger partial charge in [0.1, 0.15) is 6.04 Å². The number of fused-ring (bicyclic) bond motifs is 1. The SMILES string of the molecule is N#CC1CN(C2CC(O)(C(F)(F)F)C2)C(=O)N1c1cncc2ccccc12. The second kappa shape index (κ2) is 5.82. The molecule has 1 aliphatic carbocycles. The lowest BCUT2D eigenvalue weighted by molar-refractivity contribution is -0.297. The van der Waals surface area contributed by atoms with Gasteiger partial charge in [-0.1, -0.05) is 24.3 Å². The van der Waals surface area contributed by atoms with Crippen molar-refractivity contribution in [3.05, 3.63) is 36.7 Å². The minimum Gasteiger partial charge on any atom is -0.380 e. The molecule has 2 aromatic rings. The number of carbonyl (C=O) groups excluding carboxylic acids is 1. The van der Waals surface area contributed by atoms with E-state index >= 15 is 0 Å². The predicted octanol–water partition coefficient (Wildman–Crippen LogP) is 2.82. The number of pyridine rings is 1. The van der Waals surface area contributed by atoms with Crippen molar-refractivity contribution in [2.24, 2.45) is 0 Å². The number of urea groups is 1. The number of hydrogen-bond donors (Lipinski definition) is 1. The van der Waals surface area contributed by atoms with Crippen molar-refractivity contribution >= 4 is 22.5 Å². The molecule has 2 heterocycles. The van der Waals surface area contributed by atoms with Gasteiger partial charge in [0.25, 0.3) is 0 Å². The molecule has 2 amide bonds. The van der Waals surface area contributed by atoms with Gasteiger partial charge < -0.3 is 10.0 Å². The lowest BCUT2D eigenvalue weighted by Crippen LogP contribution is -2.62. The van der Waals surface area contributed by atoms with Crippen molar-refractivity contribution < 1.29 is 23.1 Å². The first kappa shape index (κ1) is 17.5. The van der Waals surface area contributed by atoms with E-state index < -0.39 is 42.7 Å². The minimum atomic E-state index is -4.74. The summed E-state index contributed by atoms with van der Waals surface area (Å²) in [5.74, 6) is 0. The van der Waals surface area contributed by atoms with Crippen LogP contribution >= 0.6 is 0 Å². The molecule has 1 saturated carbocycles. The van der Waals surface area contributed by atoms with Gasteiger partial charge in [-0.05, 0) is 0 Å². The number of amides is 2. The summed E-state index contributed by atoms with van der Waals surface area (Å²) >= 11 is 0. The highest BCUT2D eigenvalue weighted by Crippen LogP contribution is 2.48. The largest absolute Gasteiger partial charge is 0.417 e. The van der Waals surface area contributed by atoms with Crippen LogP contribution < -0.4 is 4.90 Å². The molecule has 1 unspecified atom stereocenters. The van der Waals surface area contributed by atoms with Crippen molar-refractivity contribution in [3.8, 4) is 6.07 Å². The molecule has 2 fully saturated rings. The molecule has 27 heavy (non-hydrogen) atoms. The lowest BCUT2D eigenvalue weighted by Gasteiger charge is -2.47. The van der Waals surface area contributed by atoms with Crippen molar-refractivity contribution in [3.63, 3.8) is 0 Å². The van der Waals surface area contributed by atoms with E-state index in [1.165, 1.54) is 16.0 Å². The normalized spacial score (nSPS) is 28.3. The molecule has 1 N–H and O–H groups in total. The Balaban J connectivity index is 1.64. The van der Waals surface area contributed by atoms with Gasteiger partial charge >= 0.3 is 12.2 Å². The van der Waals surface area contributed by atoms with Crippen LogP contribution in [0.2, 0.25) is 0 Å². The maximum absolute atomic E-state index is 12.9. The highest BCUT2D eigenvalue weighted by atomic mass is 19.4. The molecule has 4 rings (SSSR count). The first-order valence-corrected chi connectivity index (χ1v) is 8.36. The molecular formula is C18H15F3N4O2. The maximum atomic E-state index is 12.9. The standard InChI is InChI=1S/C18H15F3N4O2/c19-18(20,21)17(27)5-12(6-17)24-10-13(7-22)25(16(24)26)15-9-23-8-11-3-1-2-4-14(11)15/h1-4,8-9,12-13,27H,5-6,10H2. The summed E-state index contributed by atoms with van der Waals surface area (Å²) in [6.45, 7) is -0.0167. The van der Waals surface area contributed by atoms with Gasteiger partial charge in [-0.2, -0.15) is 18.4 Å². The second-order valence-electron chi connectivity index (χ2n) is 6.92. The fourth-order valence-electron chi connectivity index (χ4n) is 3.76. The summed E-state index contributed by atoms with van der Waals surface area (Å²) in [6.07, 6.45) is -2.79.